The number of aromatic nitrogens is 3. The molecule has 0 saturated carbocycles. The molecule has 2 aromatic heterocycles. The number of carbonyl (C=O) groups is 2. The van der Waals surface area contributed by atoms with Gasteiger partial charge >= 0.3 is 5.97 Å². The number of aliphatic carboxylic acids is 1. The summed E-state index contributed by atoms with van der Waals surface area (Å²) in [4.78, 5) is 38.1. The van der Waals surface area contributed by atoms with Crippen LogP contribution in [0.2, 0.25) is 0 Å². The number of esters is 1. The maximum absolute atomic E-state index is 12.8. The summed E-state index contributed by atoms with van der Waals surface area (Å²) >= 11 is 1.28. The molecule has 1 N–H and O–H groups in total. The van der Waals surface area contributed by atoms with Gasteiger partial charge in [0, 0.05) is 13.8 Å². The van der Waals surface area contributed by atoms with E-state index >= 15 is 0 Å². The first-order valence-electron chi connectivity index (χ1n) is 10.1. The van der Waals surface area contributed by atoms with Gasteiger partial charge in [0.1, 0.15) is 5.75 Å². The van der Waals surface area contributed by atoms with Crippen molar-refractivity contribution in [3.63, 3.8) is 0 Å². The maximum atomic E-state index is 12.8. The van der Waals surface area contributed by atoms with Gasteiger partial charge in [-0.25, -0.2) is 0 Å². The van der Waals surface area contributed by atoms with Gasteiger partial charge in [-0.3, -0.25) is 14.4 Å². The number of carbonyl (C=O) groups excluding carboxylic acids is 1. The number of hydrogen-bond donors (Lipinski definition) is 1. The molecule has 0 saturated heterocycles. The summed E-state index contributed by atoms with van der Waals surface area (Å²) in [5, 5.41) is 11.8. The van der Waals surface area contributed by atoms with Crippen molar-refractivity contribution >= 4 is 34.3 Å². The van der Waals surface area contributed by atoms with Crippen LogP contribution < -0.4 is 14.8 Å². The Morgan fingerprint density at radius 2 is 1.73 bits per heavy atom. The Morgan fingerprint density at radius 3 is 2.30 bits per heavy atom. The molecule has 0 amide bonds. The first-order chi connectivity index (χ1) is 15.7. The number of para-hydroxylation sites is 1. The number of hydrogen-bond acceptors (Lipinski definition) is 7. The monoisotopic (exact) mass is 465 g/mol. The third-order valence-corrected chi connectivity index (χ3v) is 5.42. The number of ether oxygens (including phenoxy) is 1. The zero-order chi connectivity index (χ0) is 24.1. The Labute approximate surface area is 193 Å². The van der Waals surface area contributed by atoms with Crippen molar-refractivity contribution in [1.29, 1.82) is 0 Å². The van der Waals surface area contributed by atoms with Gasteiger partial charge in [-0.05, 0) is 35.3 Å². The Morgan fingerprint density at radius 1 is 1.09 bits per heavy atom. The highest BCUT2D eigenvalue weighted by Crippen LogP contribution is 2.27. The summed E-state index contributed by atoms with van der Waals surface area (Å²) in [7, 11) is 0. The standard InChI is InChI=1S/C22H19N3O3S.C2H4O2/c1-13(2)16-10-8-15(9-11-16)12-19-21(27)25-22(29-19)23-20(24-25)17-6-4-5-7-18(17)28-14(3)26;1-2(3)4/h4-13H,1-3H3;1H3,(H,3,4)/b19-12-;. The van der Waals surface area contributed by atoms with E-state index in [0.717, 1.165) is 12.5 Å². The number of carboxylic acids is 1. The van der Waals surface area contributed by atoms with Gasteiger partial charge in [-0.1, -0.05) is 61.6 Å². The molecular weight excluding hydrogens is 442 g/mol. The Kier molecular flexibility index (Phi) is 7.34. The Hall–Kier alpha value is -3.85. The van der Waals surface area contributed by atoms with Crippen LogP contribution in [0.15, 0.2) is 53.3 Å². The summed E-state index contributed by atoms with van der Waals surface area (Å²) in [6, 6.07) is 15.1. The Bertz CT molecular complexity index is 1400. The molecule has 0 fully saturated rings. The van der Waals surface area contributed by atoms with Crippen LogP contribution in [0.4, 0.5) is 0 Å². The highest BCUT2D eigenvalue weighted by Gasteiger charge is 2.16. The van der Waals surface area contributed by atoms with Crippen LogP contribution in [0, 0.1) is 0 Å². The van der Waals surface area contributed by atoms with Crippen molar-refractivity contribution in [2.75, 3.05) is 0 Å². The molecule has 0 spiro atoms. The quantitative estimate of drug-likeness (QED) is 0.363. The molecule has 0 radical (unpaired) electrons. The molecule has 0 aliphatic heterocycles. The second kappa shape index (κ2) is 10.2. The van der Waals surface area contributed by atoms with Crippen molar-refractivity contribution in [2.45, 2.75) is 33.6 Å². The summed E-state index contributed by atoms with van der Waals surface area (Å²) < 4.78 is 7.08. The van der Waals surface area contributed by atoms with Crippen LogP contribution >= 0.6 is 11.3 Å². The lowest BCUT2D eigenvalue weighted by molar-refractivity contribution is -0.134. The fourth-order valence-electron chi connectivity index (χ4n) is 2.97. The van der Waals surface area contributed by atoms with Crippen LogP contribution in [0.3, 0.4) is 0 Å². The van der Waals surface area contributed by atoms with E-state index in [-0.39, 0.29) is 5.56 Å². The number of rotatable bonds is 4. The number of fused-ring (bicyclic) bond motifs is 1. The molecule has 33 heavy (non-hydrogen) atoms. The van der Waals surface area contributed by atoms with Gasteiger partial charge in [0.05, 0.1) is 10.1 Å². The smallest absolute Gasteiger partial charge is 0.308 e. The fraction of sp³-hybridized carbons (Fsp3) is 0.208. The van der Waals surface area contributed by atoms with Crippen LogP contribution in [0.5, 0.6) is 5.75 Å². The van der Waals surface area contributed by atoms with E-state index < -0.39 is 11.9 Å². The molecule has 0 unspecified atom stereocenters. The van der Waals surface area contributed by atoms with E-state index in [1.807, 2.05) is 18.2 Å². The third kappa shape index (κ3) is 5.89. The fourth-order valence-corrected chi connectivity index (χ4v) is 3.88. The molecule has 170 valence electrons. The van der Waals surface area contributed by atoms with Gasteiger partial charge in [0.15, 0.2) is 5.82 Å². The molecule has 2 heterocycles. The number of carboxylic acid groups (broad SMARTS) is 1. The largest absolute Gasteiger partial charge is 0.481 e. The molecule has 0 atom stereocenters. The minimum atomic E-state index is -0.833. The van der Waals surface area contributed by atoms with Crippen molar-refractivity contribution in [3.8, 4) is 17.1 Å². The molecule has 4 rings (SSSR count). The van der Waals surface area contributed by atoms with Crippen molar-refractivity contribution in [3.05, 3.63) is 74.5 Å². The van der Waals surface area contributed by atoms with Crippen LogP contribution in [-0.2, 0) is 9.59 Å². The van der Waals surface area contributed by atoms with Gasteiger partial charge in [0.25, 0.3) is 11.5 Å². The average molecular weight is 466 g/mol. The summed E-state index contributed by atoms with van der Waals surface area (Å²) in [6.45, 7) is 6.71. The highest BCUT2D eigenvalue weighted by molar-refractivity contribution is 7.15. The van der Waals surface area contributed by atoms with Crippen molar-refractivity contribution in [2.24, 2.45) is 0 Å². The lowest BCUT2D eigenvalue weighted by Crippen LogP contribution is -2.23. The molecule has 0 bridgehead atoms. The van der Waals surface area contributed by atoms with Crippen LogP contribution in [0.1, 0.15) is 44.7 Å². The lowest BCUT2D eigenvalue weighted by atomic mass is 10.0. The summed E-state index contributed by atoms with van der Waals surface area (Å²) in [5.74, 6) is -0.0919. The zero-order valence-corrected chi connectivity index (χ0v) is 19.4. The number of benzene rings is 2. The zero-order valence-electron chi connectivity index (χ0n) is 18.6. The highest BCUT2D eigenvalue weighted by atomic mass is 32.1. The van der Waals surface area contributed by atoms with Crippen molar-refractivity contribution < 1.29 is 19.4 Å². The van der Waals surface area contributed by atoms with Gasteiger partial charge < -0.3 is 9.84 Å². The topological polar surface area (TPSA) is 111 Å². The predicted molar refractivity (Wildman–Crippen MR) is 127 cm³/mol. The van der Waals surface area contributed by atoms with Crippen molar-refractivity contribution in [1.82, 2.24) is 14.6 Å². The second-order valence-corrected chi connectivity index (χ2v) is 8.48. The first kappa shape index (κ1) is 23.8. The summed E-state index contributed by atoms with van der Waals surface area (Å²) in [5.41, 5.74) is 2.55. The second-order valence-electron chi connectivity index (χ2n) is 7.48. The van der Waals surface area contributed by atoms with Gasteiger partial charge in [-0.15, -0.1) is 5.10 Å². The van der Waals surface area contributed by atoms with E-state index in [1.54, 1.807) is 24.3 Å². The number of nitrogens with zero attached hydrogens (tertiary/aromatic N) is 3. The maximum Gasteiger partial charge on any atom is 0.308 e. The Balaban J connectivity index is 0.000000709. The molecule has 4 aromatic rings. The first-order valence-corrected chi connectivity index (χ1v) is 11.0. The SMILES string of the molecule is CC(=O)O.CC(=O)Oc1ccccc1-c1nc2s/c(=C\c3ccc(C(C)C)cc3)c(=O)n2n1. The van der Waals surface area contributed by atoms with E-state index in [2.05, 4.69) is 36.1 Å². The molecule has 8 nitrogen and oxygen atoms in total. The van der Waals surface area contributed by atoms with E-state index in [9.17, 15) is 9.59 Å². The number of thiazole rings is 1. The van der Waals surface area contributed by atoms with Crippen LogP contribution in [0.25, 0.3) is 22.4 Å². The minimum absolute atomic E-state index is 0.221. The molecule has 2 aromatic carbocycles. The van der Waals surface area contributed by atoms with E-state index in [4.69, 9.17) is 14.6 Å². The van der Waals surface area contributed by atoms with Gasteiger partial charge in [0.2, 0.25) is 4.96 Å². The lowest BCUT2D eigenvalue weighted by Gasteiger charge is -2.04. The third-order valence-electron chi connectivity index (χ3n) is 4.46. The minimum Gasteiger partial charge on any atom is -0.481 e. The molecule has 0 aliphatic carbocycles. The molecular formula is C24H23N3O5S. The predicted octanol–water partition coefficient (Wildman–Crippen LogP) is 3.51. The molecule has 0 aliphatic rings. The molecule has 9 heteroatoms. The van der Waals surface area contributed by atoms with E-state index in [1.165, 1.54) is 28.3 Å². The van der Waals surface area contributed by atoms with Crippen LogP contribution in [-0.4, -0.2) is 31.6 Å². The average Bonchev–Trinajstić information content (AvgIpc) is 3.27. The summed E-state index contributed by atoms with van der Waals surface area (Å²) in [6.07, 6.45) is 1.85. The van der Waals surface area contributed by atoms with E-state index in [0.29, 0.717) is 32.5 Å². The normalized spacial score (nSPS) is 11.4. The van der Waals surface area contributed by atoms with Gasteiger partial charge in [-0.2, -0.15) is 9.50 Å².